The summed E-state index contributed by atoms with van der Waals surface area (Å²) in [5.74, 6) is -0.108. The van der Waals surface area contributed by atoms with E-state index in [4.69, 9.17) is 4.74 Å². The van der Waals surface area contributed by atoms with E-state index in [1.165, 1.54) is 18.2 Å². The van der Waals surface area contributed by atoms with E-state index < -0.39 is 5.82 Å². The number of hydrogen-bond donors (Lipinski definition) is 1. The predicted octanol–water partition coefficient (Wildman–Crippen LogP) is 3.64. The fraction of sp³-hybridized carbons (Fsp3) is 0.0625. The van der Waals surface area contributed by atoms with Crippen LogP contribution in [0.25, 0.3) is 0 Å². The minimum atomic E-state index is -0.439. The maximum atomic E-state index is 13.0. The van der Waals surface area contributed by atoms with Gasteiger partial charge in [0.1, 0.15) is 18.2 Å². The number of ether oxygens (including phenoxy) is 1. The first kappa shape index (κ1) is 13.8. The SMILES string of the molecule is C=CCOc1ccc(NC(=O)c2cccc(F)c2)cc1. The van der Waals surface area contributed by atoms with Crippen molar-refractivity contribution in [3.05, 3.63) is 72.6 Å². The topological polar surface area (TPSA) is 38.3 Å². The van der Waals surface area contributed by atoms with Crippen LogP contribution in [0.1, 0.15) is 10.4 Å². The van der Waals surface area contributed by atoms with Crippen molar-refractivity contribution in [2.24, 2.45) is 0 Å². The number of amides is 1. The zero-order chi connectivity index (χ0) is 14.4. The molecular weight excluding hydrogens is 257 g/mol. The quantitative estimate of drug-likeness (QED) is 0.843. The lowest BCUT2D eigenvalue weighted by Crippen LogP contribution is -2.11. The highest BCUT2D eigenvalue weighted by molar-refractivity contribution is 6.04. The fourth-order valence-corrected chi connectivity index (χ4v) is 1.62. The van der Waals surface area contributed by atoms with Gasteiger partial charge in [-0.15, -0.1) is 0 Å². The number of rotatable bonds is 5. The van der Waals surface area contributed by atoms with Crippen LogP contribution >= 0.6 is 0 Å². The van der Waals surface area contributed by atoms with Crippen molar-refractivity contribution in [2.45, 2.75) is 0 Å². The van der Waals surface area contributed by atoms with Gasteiger partial charge in [0.15, 0.2) is 0 Å². The molecule has 0 unspecified atom stereocenters. The highest BCUT2D eigenvalue weighted by Crippen LogP contribution is 2.16. The summed E-state index contributed by atoms with van der Waals surface area (Å²) in [6.45, 7) is 3.99. The molecular formula is C16H14FNO2. The average Bonchev–Trinajstić information content (AvgIpc) is 2.46. The van der Waals surface area contributed by atoms with Gasteiger partial charge in [-0.05, 0) is 42.5 Å². The molecule has 0 saturated carbocycles. The third-order valence-corrected chi connectivity index (χ3v) is 2.57. The van der Waals surface area contributed by atoms with Crippen LogP contribution in [0.3, 0.4) is 0 Å². The van der Waals surface area contributed by atoms with Crippen molar-refractivity contribution < 1.29 is 13.9 Å². The van der Waals surface area contributed by atoms with E-state index >= 15 is 0 Å². The second-order valence-corrected chi connectivity index (χ2v) is 4.09. The molecule has 0 saturated heterocycles. The number of carbonyl (C=O) groups is 1. The number of carbonyl (C=O) groups excluding carboxylic acids is 1. The molecule has 102 valence electrons. The van der Waals surface area contributed by atoms with Gasteiger partial charge in [0.05, 0.1) is 0 Å². The molecule has 0 atom stereocenters. The highest BCUT2D eigenvalue weighted by Gasteiger charge is 2.06. The molecule has 4 heteroatoms. The molecule has 20 heavy (non-hydrogen) atoms. The van der Waals surface area contributed by atoms with Crippen LogP contribution in [0.4, 0.5) is 10.1 Å². The van der Waals surface area contributed by atoms with Gasteiger partial charge < -0.3 is 10.1 Å². The normalized spacial score (nSPS) is 9.85. The number of anilines is 1. The standard InChI is InChI=1S/C16H14FNO2/c1-2-10-20-15-8-6-14(7-9-15)18-16(19)12-4-3-5-13(17)11-12/h2-9,11H,1,10H2,(H,18,19). The van der Waals surface area contributed by atoms with E-state index in [0.29, 0.717) is 18.0 Å². The minimum absolute atomic E-state index is 0.275. The zero-order valence-electron chi connectivity index (χ0n) is 10.8. The Morgan fingerprint density at radius 3 is 2.65 bits per heavy atom. The summed E-state index contributed by atoms with van der Waals surface area (Å²) >= 11 is 0. The molecule has 0 aliphatic carbocycles. The Balaban J connectivity index is 2.02. The first-order chi connectivity index (χ1) is 9.69. The molecule has 1 N–H and O–H groups in total. The van der Waals surface area contributed by atoms with Gasteiger partial charge in [0.2, 0.25) is 0 Å². The van der Waals surface area contributed by atoms with Crippen LogP contribution < -0.4 is 10.1 Å². The van der Waals surface area contributed by atoms with Crippen LogP contribution in [0.5, 0.6) is 5.75 Å². The Morgan fingerprint density at radius 1 is 1.25 bits per heavy atom. The summed E-state index contributed by atoms with van der Waals surface area (Å²) in [7, 11) is 0. The largest absolute Gasteiger partial charge is 0.490 e. The Hall–Kier alpha value is -2.62. The zero-order valence-corrected chi connectivity index (χ0v) is 10.8. The fourth-order valence-electron chi connectivity index (χ4n) is 1.62. The highest BCUT2D eigenvalue weighted by atomic mass is 19.1. The molecule has 0 radical (unpaired) electrons. The summed E-state index contributed by atoms with van der Waals surface area (Å²) in [5, 5.41) is 2.69. The van der Waals surface area contributed by atoms with Crippen molar-refractivity contribution in [2.75, 3.05) is 11.9 Å². The molecule has 2 aromatic carbocycles. The molecule has 0 aliphatic heterocycles. The van der Waals surface area contributed by atoms with Crippen molar-refractivity contribution in [1.82, 2.24) is 0 Å². The lowest BCUT2D eigenvalue weighted by Gasteiger charge is -2.07. The van der Waals surface area contributed by atoms with Crippen molar-refractivity contribution in [3.8, 4) is 5.75 Å². The van der Waals surface area contributed by atoms with E-state index in [1.54, 1.807) is 36.4 Å². The number of benzene rings is 2. The Morgan fingerprint density at radius 2 is 2.00 bits per heavy atom. The van der Waals surface area contributed by atoms with E-state index in [9.17, 15) is 9.18 Å². The number of hydrogen-bond acceptors (Lipinski definition) is 2. The third-order valence-electron chi connectivity index (χ3n) is 2.57. The van der Waals surface area contributed by atoms with Gasteiger partial charge in [-0.3, -0.25) is 4.79 Å². The Bertz CT molecular complexity index is 608. The van der Waals surface area contributed by atoms with Crippen LogP contribution in [0, 0.1) is 5.82 Å². The van der Waals surface area contributed by atoms with Gasteiger partial charge in [-0.1, -0.05) is 18.7 Å². The Kier molecular flexibility index (Phi) is 4.50. The molecule has 0 aliphatic rings. The summed E-state index contributed by atoms with van der Waals surface area (Å²) in [6, 6.07) is 12.5. The summed E-state index contributed by atoms with van der Waals surface area (Å²) < 4.78 is 18.4. The van der Waals surface area contributed by atoms with Crippen LogP contribution in [0.2, 0.25) is 0 Å². The maximum absolute atomic E-state index is 13.0. The molecule has 0 bridgehead atoms. The minimum Gasteiger partial charge on any atom is -0.490 e. The van der Waals surface area contributed by atoms with E-state index in [-0.39, 0.29) is 11.5 Å². The van der Waals surface area contributed by atoms with Crippen LogP contribution in [-0.2, 0) is 0 Å². The average molecular weight is 271 g/mol. The molecule has 2 aromatic rings. The van der Waals surface area contributed by atoms with Crippen LogP contribution in [0.15, 0.2) is 61.2 Å². The summed E-state index contributed by atoms with van der Waals surface area (Å²) in [4.78, 5) is 11.9. The van der Waals surface area contributed by atoms with E-state index in [1.807, 2.05) is 0 Å². The predicted molar refractivity (Wildman–Crippen MR) is 76.5 cm³/mol. The number of nitrogens with one attached hydrogen (secondary N) is 1. The molecule has 3 nitrogen and oxygen atoms in total. The van der Waals surface area contributed by atoms with Gasteiger partial charge in [-0.25, -0.2) is 4.39 Å². The molecule has 0 heterocycles. The second kappa shape index (κ2) is 6.52. The third kappa shape index (κ3) is 3.68. The lowest BCUT2D eigenvalue weighted by molar-refractivity contribution is 0.102. The number of halogens is 1. The molecule has 2 rings (SSSR count). The Labute approximate surface area is 116 Å². The van der Waals surface area contributed by atoms with Crippen molar-refractivity contribution in [1.29, 1.82) is 0 Å². The summed E-state index contributed by atoms with van der Waals surface area (Å²) in [6.07, 6.45) is 1.65. The van der Waals surface area contributed by atoms with Gasteiger partial charge in [0, 0.05) is 11.3 Å². The second-order valence-electron chi connectivity index (χ2n) is 4.09. The molecule has 0 fully saturated rings. The molecule has 0 aromatic heterocycles. The van der Waals surface area contributed by atoms with E-state index in [0.717, 1.165) is 0 Å². The maximum Gasteiger partial charge on any atom is 0.255 e. The van der Waals surface area contributed by atoms with Gasteiger partial charge in [-0.2, -0.15) is 0 Å². The lowest BCUT2D eigenvalue weighted by atomic mass is 10.2. The summed E-state index contributed by atoms with van der Waals surface area (Å²) in [5.41, 5.74) is 0.891. The van der Waals surface area contributed by atoms with Gasteiger partial charge >= 0.3 is 0 Å². The van der Waals surface area contributed by atoms with Crippen molar-refractivity contribution in [3.63, 3.8) is 0 Å². The van der Waals surface area contributed by atoms with Crippen molar-refractivity contribution >= 4 is 11.6 Å². The first-order valence-electron chi connectivity index (χ1n) is 6.10. The van der Waals surface area contributed by atoms with Gasteiger partial charge in [0.25, 0.3) is 5.91 Å². The molecule has 0 spiro atoms. The smallest absolute Gasteiger partial charge is 0.255 e. The first-order valence-corrected chi connectivity index (χ1v) is 6.10. The monoisotopic (exact) mass is 271 g/mol. The van der Waals surface area contributed by atoms with Crippen LogP contribution in [-0.4, -0.2) is 12.5 Å². The van der Waals surface area contributed by atoms with E-state index in [2.05, 4.69) is 11.9 Å². The molecule has 1 amide bonds.